The zero-order valence-electron chi connectivity index (χ0n) is 18.7. The van der Waals surface area contributed by atoms with Crippen molar-refractivity contribution >= 4 is 23.2 Å². The van der Waals surface area contributed by atoms with Gasteiger partial charge < -0.3 is 19.7 Å². The van der Waals surface area contributed by atoms with Crippen LogP contribution in [0, 0.1) is 17.7 Å². The summed E-state index contributed by atoms with van der Waals surface area (Å²) in [4.78, 5) is 7.12. The Bertz CT molecular complexity index is 1170. The topological polar surface area (TPSA) is 90.2 Å². The average Bonchev–Trinajstić information content (AvgIpc) is 3.34. The Hall–Kier alpha value is -2.98. The van der Waals surface area contributed by atoms with Gasteiger partial charge in [-0.25, -0.2) is 9.07 Å². The fraction of sp³-hybridized carbons (Fsp3) is 0.478. The maximum Gasteiger partial charge on any atom is 0.242 e. The van der Waals surface area contributed by atoms with Crippen LogP contribution >= 0.6 is 11.6 Å². The second-order valence-electron chi connectivity index (χ2n) is 9.10. The summed E-state index contributed by atoms with van der Waals surface area (Å²) in [6, 6.07) is 6.66. The van der Waals surface area contributed by atoms with E-state index in [1.807, 2.05) is 10.7 Å². The van der Waals surface area contributed by atoms with Gasteiger partial charge >= 0.3 is 0 Å². The number of methoxy groups -OCH3 is 1. The van der Waals surface area contributed by atoms with E-state index in [2.05, 4.69) is 20.4 Å². The van der Waals surface area contributed by atoms with Crippen molar-refractivity contribution in [3.8, 4) is 5.88 Å². The summed E-state index contributed by atoms with van der Waals surface area (Å²) in [6.45, 7) is 2.92. The summed E-state index contributed by atoms with van der Waals surface area (Å²) in [7, 11) is 1.60. The fourth-order valence-corrected chi connectivity index (χ4v) is 5.74. The molecular weight excluding hydrogens is 461 g/mol. The van der Waals surface area contributed by atoms with Crippen LogP contribution in [0.1, 0.15) is 30.3 Å². The molecule has 178 valence electrons. The standard InChI is InChI=1S/C23H25ClFN7O2/c1-33-19-9-18(10-26-29-19)31-11-13-2-3-14(12-31)20(13)27-23-28-22-21(34-5-4-32(22)30-23)15-6-16(24)8-17(25)7-15/h6-10,13-14,20-21H,2-5,11-12H2,1H3,(H,27,30)/t13-,14?,20?,21+/m0/s1. The number of hydrogen-bond acceptors (Lipinski definition) is 8. The van der Waals surface area contributed by atoms with Gasteiger partial charge in [-0.2, -0.15) is 10.1 Å². The molecule has 2 aromatic heterocycles. The zero-order chi connectivity index (χ0) is 23.2. The fourth-order valence-electron chi connectivity index (χ4n) is 5.51. The summed E-state index contributed by atoms with van der Waals surface area (Å²) in [6.07, 6.45) is 3.59. The monoisotopic (exact) mass is 485 g/mol. The van der Waals surface area contributed by atoms with Crippen molar-refractivity contribution in [3.05, 3.63) is 52.7 Å². The minimum Gasteiger partial charge on any atom is -0.480 e. The van der Waals surface area contributed by atoms with Crippen LogP contribution in [-0.4, -0.2) is 57.8 Å². The van der Waals surface area contributed by atoms with Gasteiger partial charge in [-0.1, -0.05) is 11.6 Å². The summed E-state index contributed by atoms with van der Waals surface area (Å²) < 4.78 is 27.0. The van der Waals surface area contributed by atoms with E-state index < -0.39 is 11.9 Å². The molecule has 0 amide bonds. The number of halogens is 2. The van der Waals surface area contributed by atoms with Gasteiger partial charge in [0.15, 0.2) is 5.82 Å². The Morgan fingerprint density at radius 2 is 2.00 bits per heavy atom. The molecule has 34 heavy (non-hydrogen) atoms. The first-order valence-electron chi connectivity index (χ1n) is 11.5. The van der Waals surface area contributed by atoms with E-state index in [9.17, 15) is 4.39 Å². The first kappa shape index (κ1) is 21.5. The van der Waals surface area contributed by atoms with Crippen LogP contribution in [0.5, 0.6) is 5.88 Å². The molecule has 1 aromatic carbocycles. The van der Waals surface area contributed by atoms with Crippen molar-refractivity contribution in [2.24, 2.45) is 11.8 Å². The number of piperidine rings is 1. The van der Waals surface area contributed by atoms with Crippen LogP contribution in [0.3, 0.4) is 0 Å². The lowest BCUT2D eigenvalue weighted by Crippen LogP contribution is -2.48. The number of aromatic nitrogens is 5. The van der Waals surface area contributed by atoms with E-state index in [0.29, 0.717) is 59.3 Å². The Morgan fingerprint density at radius 1 is 1.18 bits per heavy atom. The first-order valence-corrected chi connectivity index (χ1v) is 11.9. The molecule has 4 heterocycles. The van der Waals surface area contributed by atoms with E-state index in [1.165, 1.54) is 12.1 Å². The Morgan fingerprint density at radius 3 is 2.76 bits per heavy atom. The van der Waals surface area contributed by atoms with Crippen LogP contribution in [0.25, 0.3) is 0 Å². The predicted molar refractivity (Wildman–Crippen MR) is 124 cm³/mol. The molecule has 3 aromatic rings. The quantitative estimate of drug-likeness (QED) is 0.588. The second-order valence-corrected chi connectivity index (χ2v) is 9.54. The lowest BCUT2D eigenvalue weighted by atomic mass is 9.92. The number of fused-ring (bicyclic) bond motifs is 3. The van der Waals surface area contributed by atoms with Crippen molar-refractivity contribution < 1.29 is 13.9 Å². The van der Waals surface area contributed by atoms with Crippen LogP contribution in [0.4, 0.5) is 16.0 Å². The van der Waals surface area contributed by atoms with E-state index in [-0.39, 0.29) is 0 Å². The van der Waals surface area contributed by atoms with E-state index in [1.54, 1.807) is 19.4 Å². The zero-order valence-corrected chi connectivity index (χ0v) is 19.5. The average molecular weight is 486 g/mol. The van der Waals surface area contributed by atoms with E-state index >= 15 is 0 Å². The third-order valence-electron chi connectivity index (χ3n) is 7.03. The number of ether oxygens (including phenoxy) is 2. The number of nitrogens with zero attached hydrogens (tertiary/aromatic N) is 6. The van der Waals surface area contributed by atoms with Gasteiger partial charge in [0, 0.05) is 30.2 Å². The van der Waals surface area contributed by atoms with Gasteiger partial charge in [-0.15, -0.1) is 10.2 Å². The Labute approximate surface area is 201 Å². The van der Waals surface area contributed by atoms with Crippen molar-refractivity contribution in [1.82, 2.24) is 25.0 Å². The highest BCUT2D eigenvalue weighted by molar-refractivity contribution is 6.30. The maximum atomic E-state index is 13.9. The molecule has 2 fully saturated rings. The van der Waals surface area contributed by atoms with Crippen molar-refractivity contribution in [2.45, 2.75) is 31.5 Å². The molecule has 6 rings (SSSR count). The van der Waals surface area contributed by atoms with Crippen LogP contribution in [0.2, 0.25) is 5.02 Å². The minimum atomic E-state index is -0.502. The number of benzene rings is 1. The SMILES string of the molecule is COc1cc(N2CC3CC[C@@H](C2)C3Nc2nc3n(n2)CCO[C@@H]3c2cc(F)cc(Cl)c2)cnn1. The normalized spacial score (nSPS) is 25.8. The number of hydrogen-bond donors (Lipinski definition) is 1. The van der Waals surface area contributed by atoms with Gasteiger partial charge in [0.05, 0.1) is 32.1 Å². The third kappa shape index (κ3) is 3.94. The molecule has 2 bridgehead atoms. The molecule has 2 aliphatic heterocycles. The number of rotatable bonds is 5. The van der Waals surface area contributed by atoms with Crippen LogP contribution in [0.15, 0.2) is 30.5 Å². The highest BCUT2D eigenvalue weighted by Crippen LogP contribution is 2.40. The Balaban J connectivity index is 1.20. The number of anilines is 2. The largest absolute Gasteiger partial charge is 0.480 e. The molecule has 4 atom stereocenters. The van der Waals surface area contributed by atoms with Crippen LogP contribution in [-0.2, 0) is 11.3 Å². The molecule has 0 radical (unpaired) electrons. The van der Waals surface area contributed by atoms with Crippen molar-refractivity contribution in [3.63, 3.8) is 0 Å². The second kappa shape index (κ2) is 8.66. The molecule has 3 aliphatic rings. The Kier molecular flexibility index (Phi) is 5.49. The van der Waals surface area contributed by atoms with Gasteiger partial charge in [-0.3, -0.25) is 0 Å². The molecule has 9 nitrogen and oxygen atoms in total. The molecule has 1 aliphatic carbocycles. The highest BCUT2D eigenvalue weighted by atomic mass is 35.5. The van der Waals surface area contributed by atoms with Gasteiger partial charge in [-0.05, 0) is 48.4 Å². The first-order chi connectivity index (χ1) is 16.6. The molecule has 1 N–H and O–H groups in total. The molecule has 1 saturated heterocycles. The molecule has 2 unspecified atom stereocenters. The molecular formula is C23H25ClFN7O2. The summed E-state index contributed by atoms with van der Waals surface area (Å²) in [5.41, 5.74) is 1.67. The highest BCUT2D eigenvalue weighted by Gasteiger charge is 2.43. The minimum absolute atomic E-state index is 0.292. The lowest BCUT2D eigenvalue weighted by Gasteiger charge is -2.39. The van der Waals surface area contributed by atoms with E-state index in [4.69, 9.17) is 31.2 Å². The summed E-state index contributed by atoms with van der Waals surface area (Å²) in [5, 5.41) is 16.7. The predicted octanol–water partition coefficient (Wildman–Crippen LogP) is 3.32. The van der Waals surface area contributed by atoms with Gasteiger partial charge in [0.25, 0.3) is 0 Å². The van der Waals surface area contributed by atoms with Gasteiger partial charge in [0.2, 0.25) is 11.8 Å². The third-order valence-corrected chi connectivity index (χ3v) is 7.25. The van der Waals surface area contributed by atoms with E-state index in [0.717, 1.165) is 31.6 Å². The number of nitrogens with one attached hydrogen (secondary N) is 1. The smallest absolute Gasteiger partial charge is 0.242 e. The van der Waals surface area contributed by atoms with Gasteiger partial charge in [0.1, 0.15) is 11.9 Å². The van der Waals surface area contributed by atoms with Crippen LogP contribution < -0.4 is 15.0 Å². The summed E-state index contributed by atoms with van der Waals surface area (Å²) >= 11 is 6.07. The van der Waals surface area contributed by atoms with Crippen molar-refractivity contribution in [2.75, 3.05) is 37.0 Å². The molecule has 11 heteroatoms. The molecule has 1 saturated carbocycles. The summed E-state index contributed by atoms with van der Waals surface area (Å²) in [5.74, 6) is 2.31. The molecule has 0 spiro atoms. The maximum absolute atomic E-state index is 13.9. The van der Waals surface area contributed by atoms with Crippen molar-refractivity contribution in [1.29, 1.82) is 0 Å². The lowest BCUT2D eigenvalue weighted by molar-refractivity contribution is 0.0388.